The van der Waals surface area contributed by atoms with Gasteiger partial charge < -0.3 is 10.1 Å². The summed E-state index contributed by atoms with van der Waals surface area (Å²) in [6.45, 7) is 3.82. The molecule has 20 heavy (non-hydrogen) atoms. The third kappa shape index (κ3) is 5.74. The minimum atomic E-state index is -0.249. The molecule has 0 aliphatic carbocycles. The third-order valence-corrected chi connectivity index (χ3v) is 3.48. The molecule has 1 N–H and O–H groups in total. The second-order valence-electron chi connectivity index (χ2n) is 4.74. The van der Waals surface area contributed by atoms with E-state index in [4.69, 9.17) is 4.74 Å². The molecule has 1 rings (SSSR count). The van der Waals surface area contributed by atoms with Crippen molar-refractivity contribution in [3.8, 4) is 0 Å². The molecule has 0 aromatic rings. The van der Waals surface area contributed by atoms with Crippen molar-refractivity contribution in [2.45, 2.75) is 26.2 Å². The first-order valence-electron chi connectivity index (χ1n) is 6.81. The molecule has 114 valence electrons. The lowest BCUT2D eigenvalue weighted by atomic mass is 10.1. The van der Waals surface area contributed by atoms with E-state index >= 15 is 0 Å². The molecule has 0 saturated carbocycles. The molecule has 0 spiro atoms. The zero-order valence-electron chi connectivity index (χ0n) is 11.7. The van der Waals surface area contributed by atoms with Gasteiger partial charge in [-0.2, -0.15) is 0 Å². The van der Waals surface area contributed by atoms with E-state index in [0.717, 1.165) is 17.5 Å². The van der Waals surface area contributed by atoms with E-state index in [9.17, 15) is 14.4 Å². The first-order chi connectivity index (χ1) is 9.56. The molecule has 7 heteroatoms. The van der Waals surface area contributed by atoms with Crippen molar-refractivity contribution in [2.75, 3.05) is 30.7 Å². The molecule has 0 radical (unpaired) electrons. The fourth-order valence-corrected chi connectivity index (χ4v) is 2.26. The third-order valence-electron chi connectivity index (χ3n) is 3.04. The van der Waals surface area contributed by atoms with E-state index < -0.39 is 0 Å². The minimum absolute atomic E-state index is 0.140. The van der Waals surface area contributed by atoms with Gasteiger partial charge in [0.15, 0.2) is 0 Å². The highest BCUT2D eigenvalue weighted by Crippen LogP contribution is 2.18. The number of carbonyl (C=O) groups excluding carboxylic acids is 3. The van der Waals surface area contributed by atoms with E-state index in [1.807, 2.05) is 0 Å². The van der Waals surface area contributed by atoms with E-state index in [0.29, 0.717) is 13.2 Å². The molecule has 3 amide bonds. The summed E-state index contributed by atoms with van der Waals surface area (Å²) in [5.41, 5.74) is 0. The Hall–Kier alpha value is -0.700. The van der Waals surface area contributed by atoms with Crippen molar-refractivity contribution in [1.82, 2.24) is 10.2 Å². The lowest BCUT2D eigenvalue weighted by Crippen LogP contribution is -2.35. The van der Waals surface area contributed by atoms with Gasteiger partial charge >= 0.3 is 0 Å². The lowest BCUT2D eigenvalue weighted by Gasteiger charge is -2.13. The number of alkyl halides is 1. The van der Waals surface area contributed by atoms with Crippen LogP contribution in [0.2, 0.25) is 0 Å². The van der Waals surface area contributed by atoms with Crippen LogP contribution in [0.1, 0.15) is 26.2 Å². The number of nitrogens with one attached hydrogen (secondary N) is 1. The van der Waals surface area contributed by atoms with E-state index in [2.05, 4.69) is 27.9 Å². The fraction of sp³-hybridized carbons (Fsp3) is 0.769. The number of halogens is 1. The van der Waals surface area contributed by atoms with Gasteiger partial charge in [0.2, 0.25) is 17.7 Å². The lowest BCUT2D eigenvalue weighted by molar-refractivity contribution is -0.139. The van der Waals surface area contributed by atoms with Crippen molar-refractivity contribution < 1.29 is 19.1 Å². The maximum Gasteiger partial charge on any atom is 0.232 e. The molecule has 0 aromatic carbocycles. The highest BCUT2D eigenvalue weighted by molar-refractivity contribution is 14.1. The van der Waals surface area contributed by atoms with Crippen LogP contribution in [0.5, 0.6) is 0 Å². The van der Waals surface area contributed by atoms with Gasteiger partial charge in [-0.25, -0.2) is 0 Å². The summed E-state index contributed by atoms with van der Waals surface area (Å²) in [6, 6.07) is 0. The second-order valence-corrected chi connectivity index (χ2v) is 5.82. The van der Waals surface area contributed by atoms with Gasteiger partial charge in [0.1, 0.15) is 0 Å². The summed E-state index contributed by atoms with van der Waals surface area (Å²) in [5.74, 6) is -0.739. The minimum Gasteiger partial charge on any atom is -0.381 e. The summed E-state index contributed by atoms with van der Waals surface area (Å²) in [7, 11) is 0. The molecule has 0 bridgehead atoms. The Balaban J connectivity index is 2.11. The van der Waals surface area contributed by atoms with Crippen LogP contribution in [0.25, 0.3) is 0 Å². The quantitative estimate of drug-likeness (QED) is 0.270. The van der Waals surface area contributed by atoms with Crippen LogP contribution >= 0.6 is 22.6 Å². The number of carbonyl (C=O) groups is 3. The van der Waals surface area contributed by atoms with Crippen molar-refractivity contribution in [1.29, 1.82) is 0 Å². The smallest absolute Gasteiger partial charge is 0.232 e. The van der Waals surface area contributed by atoms with E-state index in [1.165, 1.54) is 4.90 Å². The molecule has 1 heterocycles. The molecule has 1 unspecified atom stereocenters. The zero-order chi connectivity index (χ0) is 15.0. The summed E-state index contributed by atoms with van der Waals surface area (Å²) >= 11 is 2.24. The summed E-state index contributed by atoms with van der Waals surface area (Å²) in [4.78, 5) is 35.9. The number of ether oxygens (including phenoxy) is 1. The molecule has 0 aromatic heterocycles. The van der Waals surface area contributed by atoms with E-state index in [-0.39, 0.29) is 43.0 Å². The highest BCUT2D eigenvalue weighted by Gasteiger charge is 2.35. The first kappa shape index (κ1) is 17.4. The van der Waals surface area contributed by atoms with Crippen LogP contribution in [-0.4, -0.2) is 53.4 Å². The maximum atomic E-state index is 11.6. The Kier molecular flexibility index (Phi) is 8.05. The Bertz CT molecular complexity index is 362. The maximum absolute atomic E-state index is 11.6. The molecule has 1 aliphatic rings. The average Bonchev–Trinajstić information content (AvgIpc) is 2.65. The van der Waals surface area contributed by atoms with Crippen LogP contribution in [0, 0.1) is 5.92 Å². The van der Waals surface area contributed by atoms with Crippen LogP contribution in [-0.2, 0) is 19.1 Å². The zero-order valence-corrected chi connectivity index (χ0v) is 13.8. The van der Waals surface area contributed by atoms with Gasteiger partial charge in [-0.05, 0) is 6.42 Å². The van der Waals surface area contributed by atoms with Crippen molar-refractivity contribution in [2.24, 2.45) is 5.92 Å². The topological polar surface area (TPSA) is 75.7 Å². The molecule has 1 aliphatic heterocycles. The van der Waals surface area contributed by atoms with Crippen LogP contribution in [0.4, 0.5) is 0 Å². The molecule has 6 nitrogen and oxygen atoms in total. The van der Waals surface area contributed by atoms with Crippen LogP contribution < -0.4 is 5.32 Å². The standard InChI is InChI=1S/C13H21IN2O4/c1-10-9-12(18)16(13(10)19)6-3-11(17)15-5-2-7-20-8-4-14/h10H,2-9H2,1H3,(H,15,17). The van der Waals surface area contributed by atoms with Gasteiger partial charge in [-0.3, -0.25) is 19.3 Å². The SMILES string of the molecule is CC1CC(=O)N(CCC(=O)NCCCOCCI)C1=O. The van der Waals surface area contributed by atoms with Gasteiger partial charge in [0.25, 0.3) is 0 Å². The number of hydrogen-bond acceptors (Lipinski definition) is 4. The van der Waals surface area contributed by atoms with Crippen LogP contribution in [0.15, 0.2) is 0 Å². The largest absolute Gasteiger partial charge is 0.381 e. The van der Waals surface area contributed by atoms with Crippen LogP contribution in [0.3, 0.4) is 0 Å². The van der Waals surface area contributed by atoms with E-state index in [1.54, 1.807) is 6.92 Å². The molecule has 1 saturated heterocycles. The molecular weight excluding hydrogens is 375 g/mol. The number of hydrogen-bond donors (Lipinski definition) is 1. The number of amides is 3. The predicted octanol–water partition coefficient (Wildman–Crippen LogP) is 0.729. The highest BCUT2D eigenvalue weighted by atomic mass is 127. The van der Waals surface area contributed by atoms with Gasteiger partial charge in [0, 0.05) is 42.9 Å². The molecule has 1 fully saturated rings. The van der Waals surface area contributed by atoms with Crippen molar-refractivity contribution in [3.05, 3.63) is 0 Å². The Morgan fingerprint density at radius 3 is 2.80 bits per heavy atom. The van der Waals surface area contributed by atoms with Crippen molar-refractivity contribution in [3.63, 3.8) is 0 Å². The normalized spacial score (nSPS) is 18.7. The Labute approximate surface area is 132 Å². The first-order valence-corrected chi connectivity index (χ1v) is 8.33. The number of nitrogens with zero attached hydrogens (tertiary/aromatic N) is 1. The Morgan fingerprint density at radius 1 is 1.45 bits per heavy atom. The molecule has 1 atom stereocenters. The summed E-state index contributed by atoms with van der Waals surface area (Å²) in [5, 5.41) is 2.75. The van der Waals surface area contributed by atoms with Gasteiger partial charge in [-0.15, -0.1) is 0 Å². The molecular formula is C13H21IN2O4. The average molecular weight is 396 g/mol. The van der Waals surface area contributed by atoms with Gasteiger partial charge in [-0.1, -0.05) is 29.5 Å². The monoisotopic (exact) mass is 396 g/mol. The number of likely N-dealkylation sites (tertiary alicyclic amines) is 1. The number of imide groups is 1. The second kappa shape index (κ2) is 9.28. The number of rotatable bonds is 9. The summed E-state index contributed by atoms with van der Waals surface area (Å²) in [6.07, 6.45) is 1.19. The van der Waals surface area contributed by atoms with Gasteiger partial charge in [0.05, 0.1) is 6.61 Å². The Morgan fingerprint density at radius 2 is 2.20 bits per heavy atom. The summed E-state index contributed by atoms with van der Waals surface area (Å²) < 4.78 is 6.25. The predicted molar refractivity (Wildman–Crippen MR) is 82.5 cm³/mol. The fourth-order valence-electron chi connectivity index (χ4n) is 1.94. The van der Waals surface area contributed by atoms with Crippen molar-refractivity contribution >= 4 is 40.3 Å².